The molecule has 4 heteroatoms. The molecular formula is C18H18N2OS. The average molecular weight is 310 g/mol. The average Bonchev–Trinajstić information content (AvgIpc) is 3.00. The van der Waals surface area contributed by atoms with Crippen molar-refractivity contribution in [1.29, 1.82) is 0 Å². The number of aromatic nitrogens is 1. The quantitative estimate of drug-likeness (QED) is 0.709. The molecule has 2 aromatic carbocycles. The Bertz CT molecular complexity index is 795. The molecule has 3 aromatic rings. The molecule has 0 saturated carbocycles. The molecule has 0 N–H and O–H groups in total. The summed E-state index contributed by atoms with van der Waals surface area (Å²) in [6.07, 6.45) is 0.930. The van der Waals surface area contributed by atoms with Crippen molar-refractivity contribution in [1.82, 2.24) is 4.37 Å². The highest BCUT2D eigenvalue weighted by Crippen LogP contribution is 2.33. The van der Waals surface area contributed by atoms with Gasteiger partial charge < -0.3 is 0 Å². The van der Waals surface area contributed by atoms with Crippen LogP contribution in [0.3, 0.4) is 0 Å². The van der Waals surface area contributed by atoms with Gasteiger partial charge in [0, 0.05) is 17.5 Å². The van der Waals surface area contributed by atoms with Gasteiger partial charge in [-0.25, -0.2) is 0 Å². The van der Waals surface area contributed by atoms with Crippen molar-refractivity contribution >= 4 is 33.3 Å². The largest absolute Gasteiger partial charge is 0.292 e. The summed E-state index contributed by atoms with van der Waals surface area (Å²) in [5.41, 5.74) is 1.93. The molecule has 0 aliphatic rings. The lowest BCUT2D eigenvalue weighted by Gasteiger charge is -2.19. The number of rotatable bonds is 4. The van der Waals surface area contributed by atoms with E-state index in [9.17, 15) is 4.79 Å². The Labute approximate surface area is 134 Å². The first-order valence-electron chi connectivity index (χ1n) is 7.50. The summed E-state index contributed by atoms with van der Waals surface area (Å²) in [7, 11) is 0. The molecular weight excluding hydrogens is 292 g/mol. The van der Waals surface area contributed by atoms with E-state index >= 15 is 0 Å². The molecule has 1 amide bonds. The van der Waals surface area contributed by atoms with Gasteiger partial charge in [0.2, 0.25) is 0 Å². The summed E-state index contributed by atoms with van der Waals surface area (Å²) in [5, 5.41) is 1.11. The third-order valence-corrected chi connectivity index (χ3v) is 4.59. The van der Waals surface area contributed by atoms with E-state index in [0.29, 0.717) is 12.1 Å². The van der Waals surface area contributed by atoms with Gasteiger partial charge in [0.25, 0.3) is 5.91 Å². The fourth-order valence-electron chi connectivity index (χ4n) is 2.65. The van der Waals surface area contributed by atoms with Crippen molar-refractivity contribution < 1.29 is 4.79 Å². The Morgan fingerprint density at radius 3 is 2.55 bits per heavy atom. The highest BCUT2D eigenvalue weighted by atomic mass is 32.1. The highest BCUT2D eigenvalue weighted by Gasteiger charge is 2.21. The van der Waals surface area contributed by atoms with Crippen LogP contribution in [-0.4, -0.2) is 16.8 Å². The molecule has 0 fully saturated rings. The van der Waals surface area contributed by atoms with E-state index in [1.54, 1.807) is 4.90 Å². The number of carbonyl (C=O) groups excluding carboxylic acids is 1. The molecule has 112 valence electrons. The van der Waals surface area contributed by atoms with Crippen LogP contribution in [0.5, 0.6) is 0 Å². The van der Waals surface area contributed by atoms with Gasteiger partial charge in [-0.1, -0.05) is 37.3 Å². The molecule has 0 unspecified atom stereocenters. The number of carbonyl (C=O) groups is 1. The number of nitrogens with zero attached hydrogens (tertiary/aromatic N) is 2. The van der Waals surface area contributed by atoms with Crippen LogP contribution in [0.2, 0.25) is 0 Å². The zero-order valence-corrected chi connectivity index (χ0v) is 13.6. The fraction of sp³-hybridized carbons (Fsp3) is 0.222. The minimum Gasteiger partial charge on any atom is -0.292 e. The van der Waals surface area contributed by atoms with Crippen LogP contribution in [0.4, 0.5) is 5.82 Å². The number of amides is 1. The Morgan fingerprint density at radius 2 is 1.86 bits per heavy atom. The minimum absolute atomic E-state index is 0.00112. The molecule has 0 saturated heterocycles. The smallest absolute Gasteiger partial charge is 0.259 e. The van der Waals surface area contributed by atoms with E-state index < -0.39 is 0 Å². The lowest BCUT2D eigenvalue weighted by Crippen LogP contribution is -2.31. The van der Waals surface area contributed by atoms with Crippen LogP contribution < -0.4 is 4.90 Å². The van der Waals surface area contributed by atoms with E-state index in [-0.39, 0.29) is 5.91 Å². The minimum atomic E-state index is 0.00112. The third kappa shape index (κ3) is 2.50. The van der Waals surface area contributed by atoms with Crippen LogP contribution in [-0.2, 0) is 6.42 Å². The molecule has 22 heavy (non-hydrogen) atoms. The van der Waals surface area contributed by atoms with Gasteiger partial charge in [0.15, 0.2) is 5.82 Å². The molecule has 1 heterocycles. The van der Waals surface area contributed by atoms with Gasteiger partial charge in [-0.3, -0.25) is 9.69 Å². The summed E-state index contributed by atoms with van der Waals surface area (Å²) < 4.78 is 5.70. The van der Waals surface area contributed by atoms with Gasteiger partial charge in [-0.2, -0.15) is 4.37 Å². The summed E-state index contributed by atoms with van der Waals surface area (Å²) in [5.74, 6) is 0.787. The predicted octanol–water partition coefficient (Wildman–Crippen LogP) is 4.53. The summed E-state index contributed by atoms with van der Waals surface area (Å²) >= 11 is 1.46. The Morgan fingerprint density at radius 1 is 1.09 bits per heavy atom. The van der Waals surface area contributed by atoms with Gasteiger partial charge in [0.1, 0.15) is 0 Å². The first kappa shape index (κ1) is 14.7. The van der Waals surface area contributed by atoms with Crippen molar-refractivity contribution in [2.24, 2.45) is 0 Å². The zero-order valence-electron chi connectivity index (χ0n) is 12.7. The second kappa shape index (κ2) is 6.28. The normalized spacial score (nSPS) is 10.8. The van der Waals surface area contributed by atoms with Crippen LogP contribution in [0.25, 0.3) is 10.1 Å². The molecule has 0 spiro atoms. The Balaban J connectivity index is 2.10. The monoisotopic (exact) mass is 310 g/mol. The van der Waals surface area contributed by atoms with Crippen LogP contribution in [0.1, 0.15) is 29.8 Å². The first-order valence-corrected chi connectivity index (χ1v) is 8.27. The second-order valence-corrected chi connectivity index (χ2v) is 5.87. The van der Waals surface area contributed by atoms with Gasteiger partial charge >= 0.3 is 0 Å². The zero-order chi connectivity index (χ0) is 15.5. The molecule has 3 rings (SSSR count). The molecule has 0 bridgehead atoms. The molecule has 0 radical (unpaired) electrons. The van der Waals surface area contributed by atoms with Crippen molar-refractivity contribution in [2.75, 3.05) is 11.4 Å². The van der Waals surface area contributed by atoms with Gasteiger partial charge in [-0.15, -0.1) is 0 Å². The van der Waals surface area contributed by atoms with Crippen molar-refractivity contribution in [3.8, 4) is 0 Å². The number of hydrogen-bond donors (Lipinski definition) is 0. The Kier molecular flexibility index (Phi) is 4.20. The van der Waals surface area contributed by atoms with Crippen LogP contribution >= 0.6 is 11.5 Å². The maximum Gasteiger partial charge on any atom is 0.259 e. The lowest BCUT2D eigenvalue weighted by atomic mass is 10.1. The van der Waals surface area contributed by atoms with Crippen LogP contribution in [0, 0.1) is 0 Å². The molecule has 0 atom stereocenters. The summed E-state index contributed by atoms with van der Waals surface area (Å²) in [4.78, 5) is 14.6. The van der Waals surface area contributed by atoms with E-state index in [0.717, 1.165) is 22.3 Å². The summed E-state index contributed by atoms with van der Waals surface area (Å²) in [6.45, 7) is 4.72. The molecule has 0 aliphatic carbocycles. The maximum atomic E-state index is 12.8. The van der Waals surface area contributed by atoms with E-state index in [2.05, 4.69) is 29.5 Å². The van der Waals surface area contributed by atoms with Crippen molar-refractivity contribution in [3.63, 3.8) is 0 Å². The number of benzene rings is 2. The van der Waals surface area contributed by atoms with Crippen molar-refractivity contribution in [3.05, 3.63) is 59.7 Å². The van der Waals surface area contributed by atoms with Gasteiger partial charge in [0.05, 0.1) is 4.70 Å². The first-order chi connectivity index (χ1) is 10.8. The fourth-order valence-corrected chi connectivity index (χ4v) is 3.48. The predicted molar refractivity (Wildman–Crippen MR) is 92.8 cm³/mol. The van der Waals surface area contributed by atoms with E-state index in [1.807, 2.05) is 37.3 Å². The Hall–Kier alpha value is -2.20. The second-order valence-electron chi connectivity index (χ2n) is 5.07. The molecule has 0 aliphatic heterocycles. The van der Waals surface area contributed by atoms with E-state index in [1.165, 1.54) is 17.1 Å². The van der Waals surface area contributed by atoms with Gasteiger partial charge in [-0.05, 0) is 48.6 Å². The summed E-state index contributed by atoms with van der Waals surface area (Å²) in [6, 6.07) is 15.6. The molecule has 3 nitrogen and oxygen atoms in total. The SMILES string of the molecule is CCc1cccc2snc(N(CC)C(=O)c3ccccc3)c12. The van der Waals surface area contributed by atoms with E-state index in [4.69, 9.17) is 0 Å². The third-order valence-electron chi connectivity index (χ3n) is 3.79. The van der Waals surface area contributed by atoms with Crippen molar-refractivity contribution in [2.45, 2.75) is 20.3 Å². The number of anilines is 1. The number of hydrogen-bond acceptors (Lipinski definition) is 3. The van der Waals surface area contributed by atoms with Crippen LogP contribution in [0.15, 0.2) is 48.5 Å². The highest BCUT2D eigenvalue weighted by molar-refractivity contribution is 7.13. The number of aryl methyl sites for hydroxylation is 1. The number of fused-ring (bicyclic) bond motifs is 1. The maximum absolute atomic E-state index is 12.8. The topological polar surface area (TPSA) is 33.2 Å². The standard InChI is InChI=1S/C18H18N2OS/c1-3-13-11-8-12-15-16(13)17(19-22-15)20(4-2)18(21)14-9-6-5-7-10-14/h5-12H,3-4H2,1-2H3. The lowest BCUT2D eigenvalue weighted by molar-refractivity contribution is 0.0988. The molecule has 1 aromatic heterocycles.